The molecule has 0 amide bonds. The zero-order chi connectivity index (χ0) is 55.8. The van der Waals surface area contributed by atoms with Gasteiger partial charge in [0.15, 0.2) is 11.4 Å². The van der Waals surface area contributed by atoms with Crippen LogP contribution in [0.4, 0.5) is 0 Å². The summed E-state index contributed by atoms with van der Waals surface area (Å²) in [5.41, 5.74) is 34.2. The third-order valence-corrected chi connectivity index (χ3v) is 16.7. The van der Waals surface area contributed by atoms with Crippen LogP contribution in [0.15, 0.2) is 158 Å². The summed E-state index contributed by atoms with van der Waals surface area (Å²) in [4.78, 5) is 0. The van der Waals surface area contributed by atoms with Gasteiger partial charge < -0.3 is 8.96 Å². The first-order valence-corrected chi connectivity index (χ1v) is 29.2. The van der Waals surface area contributed by atoms with Gasteiger partial charge in [0, 0.05) is 34.4 Å². The molecule has 0 aliphatic carbocycles. The molecule has 0 atom stereocenters. The van der Waals surface area contributed by atoms with Crippen molar-refractivity contribution in [2.24, 2.45) is 0 Å². The van der Waals surface area contributed by atoms with Gasteiger partial charge in [-0.1, -0.05) is 200 Å². The van der Waals surface area contributed by atoms with E-state index in [-0.39, 0.29) is 10.7 Å². The van der Waals surface area contributed by atoms with Crippen LogP contribution in [0.2, 0.25) is 0 Å². The molecule has 2 aliphatic rings. The predicted molar refractivity (Wildman–Crippen MR) is 344 cm³/mol. The quantitative estimate of drug-likeness (QED) is 0.106. The number of alkyl halides is 4. The van der Waals surface area contributed by atoms with Gasteiger partial charge in [0.25, 0.3) is 0 Å². The second kappa shape index (κ2) is 23.1. The summed E-state index contributed by atoms with van der Waals surface area (Å²) in [5, 5.41) is 0.389. The van der Waals surface area contributed by atoms with Crippen LogP contribution in [0.25, 0.3) is 46.8 Å². The lowest BCUT2D eigenvalue weighted by Gasteiger charge is -2.39. The molecule has 394 valence electrons. The van der Waals surface area contributed by atoms with Gasteiger partial charge in [-0.05, 0) is 118 Å². The number of benzene rings is 7. The van der Waals surface area contributed by atoms with Crippen molar-refractivity contribution in [2.75, 3.05) is 10.7 Å². The van der Waals surface area contributed by atoms with Gasteiger partial charge >= 0.3 is 12.6 Å². The SMILES string of the molecule is Cc1cc(C)c([B-]2(c3c(C)cc(C)cc3C)c3ccccc3-c3ccc(/C=C/c4ccc(/C=C/c5ccc6[n+](c5)[B-](c5c(C)cc(C)cc5C)(c5c(C)cc(C)cc5C)c5ccccc5-6)cc4)c[n+]32)c(C)c1.ClCCl.ClCCl. The van der Waals surface area contributed by atoms with E-state index >= 15 is 0 Å². The molecule has 8 heteroatoms. The number of nitrogens with zero attached hydrogens (tertiary/aromatic N) is 2. The molecule has 0 saturated heterocycles. The second-order valence-corrected chi connectivity index (χ2v) is 23.7. The smallest absolute Gasteiger partial charge is 0.362 e. The Morgan fingerprint density at radius 3 is 0.821 bits per heavy atom. The number of aryl methyl sites for hydroxylation is 12. The predicted octanol–water partition coefficient (Wildman–Crippen LogP) is 14.1. The van der Waals surface area contributed by atoms with Gasteiger partial charge in [0.2, 0.25) is 0 Å². The van der Waals surface area contributed by atoms with Gasteiger partial charge in [-0.25, -0.2) is 0 Å². The Hall–Kier alpha value is -6.39. The summed E-state index contributed by atoms with van der Waals surface area (Å²) in [7, 11) is 0. The summed E-state index contributed by atoms with van der Waals surface area (Å²) in [6.45, 7) is 27.4. The lowest BCUT2D eigenvalue weighted by atomic mass is 9.22. The molecule has 0 N–H and O–H groups in total. The van der Waals surface area contributed by atoms with Crippen molar-refractivity contribution in [3.63, 3.8) is 0 Å². The molecule has 2 aromatic heterocycles. The highest BCUT2D eigenvalue weighted by molar-refractivity contribution is 7.08. The Morgan fingerprint density at radius 2 is 0.551 bits per heavy atom. The third kappa shape index (κ3) is 9.93. The molecule has 0 saturated carbocycles. The van der Waals surface area contributed by atoms with E-state index in [4.69, 9.17) is 46.4 Å². The van der Waals surface area contributed by atoms with Crippen LogP contribution in [0, 0.1) is 83.1 Å². The lowest BCUT2D eigenvalue weighted by molar-refractivity contribution is -0.524. The monoisotopic (exact) mass is 1100 g/mol. The van der Waals surface area contributed by atoms with E-state index < -0.39 is 12.6 Å². The van der Waals surface area contributed by atoms with E-state index in [1.54, 1.807) is 0 Å². The molecule has 2 nitrogen and oxygen atoms in total. The second-order valence-electron chi connectivity index (χ2n) is 22.1. The maximum absolute atomic E-state index is 4.76. The van der Waals surface area contributed by atoms with Crippen LogP contribution in [0.5, 0.6) is 0 Å². The Labute approximate surface area is 485 Å². The van der Waals surface area contributed by atoms with Crippen molar-refractivity contribution >= 4 is 116 Å². The van der Waals surface area contributed by atoms with Crippen molar-refractivity contribution in [3.8, 4) is 22.5 Å². The van der Waals surface area contributed by atoms with Crippen molar-refractivity contribution < 1.29 is 8.96 Å². The van der Waals surface area contributed by atoms with E-state index in [0.717, 1.165) is 0 Å². The van der Waals surface area contributed by atoms with Crippen LogP contribution in [0.1, 0.15) is 89.0 Å². The van der Waals surface area contributed by atoms with Gasteiger partial charge in [0.05, 0.1) is 10.7 Å². The molecule has 0 radical (unpaired) electrons. The lowest BCUT2D eigenvalue weighted by Crippen LogP contribution is -2.84. The summed E-state index contributed by atoms with van der Waals surface area (Å²) < 4.78 is 5.31. The number of aromatic nitrogens is 2. The Kier molecular flexibility index (Phi) is 16.7. The number of hydrogen-bond acceptors (Lipinski definition) is 0. The van der Waals surface area contributed by atoms with Crippen LogP contribution in [-0.4, -0.2) is 23.2 Å². The largest absolute Gasteiger partial charge is 0.408 e. The summed E-state index contributed by atoms with van der Waals surface area (Å²) in [6.07, 6.45) is 10.8. The van der Waals surface area contributed by atoms with Crippen LogP contribution in [0.3, 0.4) is 0 Å². The highest BCUT2D eigenvalue weighted by Gasteiger charge is 2.54. The Bertz CT molecular complexity index is 3380. The maximum atomic E-state index is 4.76. The van der Waals surface area contributed by atoms with E-state index in [1.165, 1.54) is 144 Å². The van der Waals surface area contributed by atoms with E-state index in [9.17, 15) is 0 Å². The average molecular weight is 1100 g/mol. The fourth-order valence-corrected chi connectivity index (χ4v) is 14.8. The summed E-state index contributed by atoms with van der Waals surface area (Å²) in [5.74, 6) is 0. The molecule has 7 aromatic carbocycles. The van der Waals surface area contributed by atoms with E-state index in [1.807, 2.05) is 0 Å². The van der Waals surface area contributed by atoms with Gasteiger partial charge in [0.1, 0.15) is 12.4 Å². The number of pyridine rings is 2. The van der Waals surface area contributed by atoms with Crippen molar-refractivity contribution in [2.45, 2.75) is 83.1 Å². The fraction of sp³-hybridized carbons (Fsp3) is 0.200. The van der Waals surface area contributed by atoms with Crippen LogP contribution >= 0.6 is 46.4 Å². The molecule has 0 unspecified atom stereocenters. The Morgan fingerprint density at radius 1 is 0.321 bits per heavy atom. The van der Waals surface area contributed by atoms with Crippen molar-refractivity contribution in [1.82, 2.24) is 0 Å². The fourth-order valence-electron chi connectivity index (χ4n) is 14.8. The van der Waals surface area contributed by atoms with Gasteiger partial charge in [-0.2, -0.15) is 0 Å². The third-order valence-electron chi connectivity index (χ3n) is 16.7. The Balaban J connectivity index is 0.00000118. The molecule has 78 heavy (non-hydrogen) atoms. The molecule has 9 aromatic rings. The number of halogens is 4. The molecule has 4 heterocycles. The van der Waals surface area contributed by atoms with Crippen LogP contribution < -0.4 is 41.7 Å². The van der Waals surface area contributed by atoms with Crippen LogP contribution in [-0.2, 0) is 0 Å². The highest BCUT2D eigenvalue weighted by atomic mass is 35.5. The first-order chi connectivity index (χ1) is 37.4. The zero-order valence-corrected chi connectivity index (χ0v) is 50.3. The topological polar surface area (TPSA) is 7.76 Å². The summed E-state index contributed by atoms with van der Waals surface area (Å²) in [6, 6.07) is 55.6. The standard InChI is InChI=1S/C68H66B2N2.2CH2Cl2/c1-43-33-47(5)65(48(6)34-43)69(66-49(7)35-44(2)36-50(66)8)61-19-15-13-17-59(61)63-31-29-57(41-71(63)69)27-25-55-21-23-56(24-22-55)26-28-58-30-32-64-60-18-14-16-20-62(60)70(72(64)42-58,67-51(9)37-45(3)38-52(67)10)68-53(11)39-46(4)40-54(68)12;2*2-1-3/h13-42H,1-12H3;2*1H2/b27-25+,28-26+;;. The van der Waals surface area contributed by atoms with E-state index in [2.05, 4.69) is 274 Å². The molecule has 11 rings (SSSR count). The number of rotatable bonds is 8. The molecular formula is C70H70B2Cl4N2. The minimum absolute atomic E-state index is 0.194. The minimum atomic E-state index is -1.58. The molecule has 0 spiro atoms. The van der Waals surface area contributed by atoms with Crippen molar-refractivity contribution in [3.05, 3.63) is 247 Å². The number of hydrogen-bond donors (Lipinski definition) is 0. The summed E-state index contributed by atoms with van der Waals surface area (Å²) >= 11 is 19.1. The van der Waals surface area contributed by atoms with Gasteiger partial charge in [-0.15, -0.1) is 79.2 Å². The minimum Gasteiger partial charge on any atom is -0.408 e. The highest BCUT2D eigenvalue weighted by Crippen LogP contribution is 2.31. The number of fused-ring (bicyclic) bond motifs is 6. The molecular weight excluding hydrogens is 1030 g/mol. The normalized spacial score (nSPS) is 13.3. The average Bonchev–Trinajstić information content (AvgIpc) is 3.99. The molecule has 2 aliphatic heterocycles. The first-order valence-electron chi connectivity index (χ1n) is 27.1. The first kappa shape index (κ1) is 56.3. The zero-order valence-electron chi connectivity index (χ0n) is 47.3. The van der Waals surface area contributed by atoms with E-state index in [0.29, 0.717) is 0 Å². The van der Waals surface area contributed by atoms with Gasteiger partial charge in [-0.3, -0.25) is 0 Å². The van der Waals surface area contributed by atoms with Crippen molar-refractivity contribution in [1.29, 1.82) is 0 Å². The molecule has 0 fully saturated rings. The maximum Gasteiger partial charge on any atom is 0.362 e. The molecule has 0 bridgehead atoms.